The number of carbonyl (C=O) groups excluding carboxylic acids is 2. The highest BCUT2D eigenvalue weighted by Crippen LogP contribution is 2.40. The summed E-state index contributed by atoms with van der Waals surface area (Å²) in [6, 6.07) is -0.653. The summed E-state index contributed by atoms with van der Waals surface area (Å²) in [5.74, 6) is -0.562. The number of nitrogens with one attached hydrogen (secondary N) is 1. The summed E-state index contributed by atoms with van der Waals surface area (Å²) < 4.78 is 5.32. The summed E-state index contributed by atoms with van der Waals surface area (Å²) in [6.45, 7) is 1.93. The molecule has 0 aromatic carbocycles. The number of rotatable bonds is 18. The van der Waals surface area contributed by atoms with Crippen molar-refractivity contribution in [1.29, 1.82) is 0 Å². The zero-order valence-corrected chi connectivity index (χ0v) is 19.3. The normalized spacial score (nSPS) is 25.3. The Morgan fingerprint density at radius 2 is 1.58 bits per heavy atom. The van der Waals surface area contributed by atoms with Crippen LogP contribution in [0.1, 0.15) is 103 Å². The number of epoxide rings is 1. The van der Waals surface area contributed by atoms with Crippen LogP contribution in [0.5, 0.6) is 0 Å². The number of ether oxygens (including phenoxy) is 1. The number of hydrogen-bond donors (Lipinski definition) is 3. The van der Waals surface area contributed by atoms with Gasteiger partial charge in [-0.15, -0.1) is 0 Å². The lowest BCUT2D eigenvalue weighted by molar-refractivity contribution is -0.137. The minimum absolute atomic E-state index is 0.0296. The molecule has 0 bridgehead atoms. The average molecular weight is 438 g/mol. The van der Waals surface area contributed by atoms with Gasteiger partial charge in [-0.2, -0.15) is 0 Å². The third kappa shape index (κ3) is 9.03. The predicted octanol–water partition coefficient (Wildman–Crippen LogP) is 3.97. The van der Waals surface area contributed by atoms with E-state index in [1.54, 1.807) is 6.08 Å². The molecule has 3 N–H and O–H groups in total. The summed E-state index contributed by atoms with van der Waals surface area (Å²) in [5.41, 5.74) is -1.66. The van der Waals surface area contributed by atoms with Gasteiger partial charge in [-0.25, -0.2) is 0 Å². The minimum atomic E-state index is -1.66. The maximum absolute atomic E-state index is 12.2. The Labute approximate surface area is 187 Å². The smallest absolute Gasteiger partial charge is 0.220 e. The molecule has 0 aromatic heterocycles. The van der Waals surface area contributed by atoms with E-state index >= 15 is 0 Å². The quantitative estimate of drug-likeness (QED) is 0.223. The number of carbonyl (C=O) groups is 2. The molecule has 1 saturated heterocycles. The van der Waals surface area contributed by atoms with Crippen LogP contribution < -0.4 is 5.32 Å². The summed E-state index contributed by atoms with van der Waals surface area (Å²) >= 11 is 0. The number of aliphatic hydroxyl groups excluding tert-OH is 1. The maximum atomic E-state index is 12.2. The molecule has 6 heteroatoms. The van der Waals surface area contributed by atoms with Crippen molar-refractivity contribution in [3.05, 3.63) is 12.2 Å². The van der Waals surface area contributed by atoms with Gasteiger partial charge in [-0.05, 0) is 18.6 Å². The molecule has 31 heavy (non-hydrogen) atoms. The molecule has 178 valence electrons. The molecule has 0 unspecified atom stereocenters. The Balaban J connectivity index is 1.47. The van der Waals surface area contributed by atoms with Crippen LogP contribution in [0.4, 0.5) is 0 Å². The van der Waals surface area contributed by atoms with Crippen LogP contribution in [-0.2, 0) is 14.3 Å². The summed E-state index contributed by atoms with van der Waals surface area (Å²) in [4.78, 5) is 24.3. The highest BCUT2D eigenvalue weighted by atomic mass is 16.6. The Bertz CT molecular complexity index is 578. The standard InChI is InChI=1S/C25H43NO5/c1-2-3-4-5-6-7-8-9-10-11-12-13-14-15-23(29)26-20(19-27)18-25(30)22(28)17-16-21-24(25)31-21/h16-17,20-21,24,27,30H,2-15,18-19H2,1H3,(H,26,29)/t20-,21-,24-,25+/m0/s1. The maximum Gasteiger partial charge on any atom is 0.220 e. The molecule has 2 rings (SSSR count). The lowest BCUT2D eigenvalue weighted by Crippen LogP contribution is -2.52. The van der Waals surface area contributed by atoms with Crippen molar-refractivity contribution in [3.63, 3.8) is 0 Å². The van der Waals surface area contributed by atoms with Crippen molar-refractivity contribution in [2.45, 2.75) is 127 Å². The molecular weight excluding hydrogens is 394 g/mol. The van der Waals surface area contributed by atoms with Crippen LogP contribution in [0.2, 0.25) is 0 Å². The van der Waals surface area contributed by atoms with E-state index in [9.17, 15) is 19.8 Å². The molecular formula is C25H43NO5. The Morgan fingerprint density at radius 1 is 1.03 bits per heavy atom. The van der Waals surface area contributed by atoms with Gasteiger partial charge in [0.25, 0.3) is 0 Å². The van der Waals surface area contributed by atoms with E-state index in [2.05, 4.69) is 12.2 Å². The zero-order valence-electron chi connectivity index (χ0n) is 19.3. The largest absolute Gasteiger partial charge is 0.394 e. The third-order valence-electron chi connectivity index (χ3n) is 6.51. The van der Waals surface area contributed by atoms with Gasteiger partial charge in [0.05, 0.1) is 12.6 Å². The van der Waals surface area contributed by atoms with Crippen LogP contribution in [0.15, 0.2) is 12.2 Å². The number of amides is 1. The average Bonchev–Trinajstić information content (AvgIpc) is 3.55. The van der Waals surface area contributed by atoms with Crippen molar-refractivity contribution in [3.8, 4) is 0 Å². The van der Waals surface area contributed by atoms with E-state index in [1.165, 1.54) is 70.3 Å². The van der Waals surface area contributed by atoms with E-state index in [0.29, 0.717) is 6.42 Å². The van der Waals surface area contributed by atoms with Crippen molar-refractivity contribution in [2.75, 3.05) is 6.61 Å². The van der Waals surface area contributed by atoms with Gasteiger partial charge in [0.15, 0.2) is 11.4 Å². The molecule has 1 aliphatic heterocycles. The van der Waals surface area contributed by atoms with Gasteiger partial charge in [-0.1, -0.05) is 84.0 Å². The van der Waals surface area contributed by atoms with Crippen LogP contribution in [0.25, 0.3) is 0 Å². The van der Waals surface area contributed by atoms with E-state index in [0.717, 1.165) is 19.3 Å². The lowest BCUT2D eigenvalue weighted by Gasteiger charge is -2.29. The van der Waals surface area contributed by atoms with E-state index in [1.807, 2.05) is 0 Å². The fourth-order valence-corrected chi connectivity index (χ4v) is 4.48. The first-order valence-electron chi connectivity index (χ1n) is 12.5. The molecule has 1 aliphatic carbocycles. The Hall–Kier alpha value is -1.24. The SMILES string of the molecule is CCCCCCCCCCCCCCCC(=O)N[C@H](CO)C[C@@]1(O)C(=O)C=C[C@@H]2O[C@@H]21. The number of ketones is 1. The molecule has 0 spiro atoms. The molecule has 2 aliphatic rings. The van der Waals surface area contributed by atoms with Crippen molar-refractivity contribution >= 4 is 11.7 Å². The summed E-state index contributed by atoms with van der Waals surface area (Å²) in [5, 5.41) is 23.0. The second-order valence-electron chi connectivity index (χ2n) is 9.31. The predicted molar refractivity (Wildman–Crippen MR) is 122 cm³/mol. The Morgan fingerprint density at radius 3 is 2.13 bits per heavy atom. The highest BCUT2D eigenvalue weighted by Gasteiger charge is 2.59. The molecule has 0 saturated carbocycles. The second kappa shape index (κ2) is 14.0. The van der Waals surface area contributed by atoms with Gasteiger partial charge in [0.1, 0.15) is 12.2 Å². The summed E-state index contributed by atoms with van der Waals surface area (Å²) in [7, 11) is 0. The van der Waals surface area contributed by atoms with Crippen molar-refractivity contribution in [2.24, 2.45) is 0 Å². The van der Waals surface area contributed by atoms with E-state index in [4.69, 9.17) is 4.74 Å². The molecule has 6 nitrogen and oxygen atoms in total. The summed E-state index contributed by atoms with van der Waals surface area (Å²) in [6.07, 6.45) is 18.9. The van der Waals surface area contributed by atoms with E-state index in [-0.39, 0.29) is 25.0 Å². The fourth-order valence-electron chi connectivity index (χ4n) is 4.48. The zero-order chi connectivity index (χ0) is 22.5. The van der Waals surface area contributed by atoms with Crippen LogP contribution in [0, 0.1) is 0 Å². The molecule has 4 atom stereocenters. The van der Waals surface area contributed by atoms with Crippen LogP contribution in [-0.4, -0.2) is 52.4 Å². The monoisotopic (exact) mass is 437 g/mol. The van der Waals surface area contributed by atoms with E-state index < -0.39 is 23.5 Å². The molecule has 0 radical (unpaired) electrons. The van der Waals surface area contributed by atoms with Crippen molar-refractivity contribution in [1.82, 2.24) is 5.32 Å². The first-order valence-corrected chi connectivity index (χ1v) is 12.5. The van der Waals surface area contributed by atoms with Gasteiger partial charge < -0.3 is 20.3 Å². The number of unbranched alkanes of at least 4 members (excludes halogenated alkanes) is 12. The topological polar surface area (TPSA) is 99.2 Å². The number of aliphatic hydroxyl groups is 2. The van der Waals surface area contributed by atoms with Gasteiger partial charge in [-0.3, -0.25) is 9.59 Å². The first-order chi connectivity index (χ1) is 15.0. The molecule has 0 aromatic rings. The Kier molecular flexibility index (Phi) is 11.8. The minimum Gasteiger partial charge on any atom is -0.394 e. The van der Waals surface area contributed by atoms with Crippen molar-refractivity contribution < 1.29 is 24.5 Å². The van der Waals surface area contributed by atoms with Gasteiger partial charge in [0, 0.05) is 12.8 Å². The van der Waals surface area contributed by atoms with Crippen LogP contribution in [0.3, 0.4) is 0 Å². The molecule has 1 heterocycles. The molecule has 1 fully saturated rings. The molecule has 1 amide bonds. The highest BCUT2D eigenvalue weighted by molar-refractivity contribution is 5.99. The number of fused-ring (bicyclic) bond motifs is 1. The second-order valence-corrected chi connectivity index (χ2v) is 9.31. The fraction of sp³-hybridized carbons (Fsp3) is 0.840. The third-order valence-corrected chi connectivity index (χ3v) is 6.51. The van der Waals surface area contributed by atoms with Gasteiger partial charge >= 0.3 is 0 Å². The first kappa shape index (κ1) is 26.0. The lowest BCUT2D eigenvalue weighted by atomic mass is 9.82. The van der Waals surface area contributed by atoms with Gasteiger partial charge in [0.2, 0.25) is 5.91 Å². The number of hydrogen-bond acceptors (Lipinski definition) is 5. The van der Waals surface area contributed by atoms with Crippen LogP contribution >= 0.6 is 0 Å².